The maximum atomic E-state index is 12.6. The molecule has 0 amide bonds. The van der Waals surface area contributed by atoms with Crippen molar-refractivity contribution in [3.05, 3.63) is 58.1 Å². The Morgan fingerprint density at radius 1 is 1.08 bits per heavy atom. The standard InChI is InChI=1S/C17H19N3O4S/c1-13-6-2-3-7-15(13)18-16-9-8-14(12-17(16)20(21)22)25(23,24)19-10-4-5-11-19/h2-3,6-9,12,18H,4-5,10-11H2,1H3. The van der Waals surface area contributed by atoms with Gasteiger partial charge in [-0.3, -0.25) is 10.1 Å². The zero-order chi connectivity index (χ0) is 18.0. The molecule has 1 heterocycles. The highest BCUT2D eigenvalue weighted by atomic mass is 32.2. The number of aryl methyl sites for hydroxylation is 1. The lowest BCUT2D eigenvalue weighted by atomic mass is 10.2. The molecule has 3 rings (SSSR count). The van der Waals surface area contributed by atoms with Gasteiger partial charge >= 0.3 is 0 Å². The number of para-hydroxylation sites is 1. The van der Waals surface area contributed by atoms with Gasteiger partial charge in [0.25, 0.3) is 5.69 Å². The smallest absolute Gasteiger partial charge is 0.294 e. The number of hydrogen-bond acceptors (Lipinski definition) is 5. The van der Waals surface area contributed by atoms with Crippen LogP contribution in [0.4, 0.5) is 17.1 Å². The van der Waals surface area contributed by atoms with E-state index in [-0.39, 0.29) is 16.3 Å². The number of sulfonamides is 1. The molecule has 0 saturated carbocycles. The van der Waals surface area contributed by atoms with Gasteiger partial charge in [0.2, 0.25) is 10.0 Å². The molecule has 1 aliphatic rings. The van der Waals surface area contributed by atoms with Crippen molar-refractivity contribution >= 4 is 27.1 Å². The van der Waals surface area contributed by atoms with E-state index in [9.17, 15) is 18.5 Å². The SMILES string of the molecule is Cc1ccccc1Nc1ccc(S(=O)(=O)N2CCCC2)cc1[N+](=O)[O-]. The van der Waals surface area contributed by atoms with E-state index in [2.05, 4.69) is 5.32 Å². The third kappa shape index (κ3) is 3.49. The van der Waals surface area contributed by atoms with E-state index in [1.54, 1.807) is 0 Å². The topological polar surface area (TPSA) is 92.6 Å². The summed E-state index contributed by atoms with van der Waals surface area (Å²) in [5, 5.41) is 14.5. The fraction of sp³-hybridized carbons (Fsp3) is 0.294. The van der Waals surface area contributed by atoms with Crippen molar-refractivity contribution in [1.82, 2.24) is 4.31 Å². The Kier molecular flexibility index (Phi) is 4.73. The van der Waals surface area contributed by atoms with Crippen molar-refractivity contribution in [1.29, 1.82) is 0 Å². The zero-order valence-electron chi connectivity index (χ0n) is 13.8. The van der Waals surface area contributed by atoms with Crippen LogP contribution in [0, 0.1) is 17.0 Å². The highest BCUT2D eigenvalue weighted by molar-refractivity contribution is 7.89. The summed E-state index contributed by atoms with van der Waals surface area (Å²) >= 11 is 0. The summed E-state index contributed by atoms with van der Waals surface area (Å²) in [6, 6.07) is 11.4. The number of hydrogen-bond donors (Lipinski definition) is 1. The fourth-order valence-electron chi connectivity index (χ4n) is 2.86. The number of rotatable bonds is 5. The number of benzene rings is 2. The minimum Gasteiger partial charge on any atom is -0.350 e. The Labute approximate surface area is 146 Å². The molecule has 0 atom stereocenters. The lowest BCUT2D eigenvalue weighted by Crippen LogP contribution is -2.27. The molecule has 1 saturated heterocycles. The first kappa shape index (κ1) is 17.4. The van der Waals surface area contributed by atoms with Crippen molar-refractivity contribution < 1.29 is 13.3 Å². The van der Waals surface area contributed by atoms with E-state index in [0.29, 0.717) is 13.1 Å². The molecule has 0 radical (unpaired) electrons. The fourth-order valence-corrected chi connectivity index (χ4v) is 4.40. The van der Waals surface area contributed by atoms with Gasteiger partial charge in [0.15, 0.2) is 0 Å². The van der Waals surface area contributed by atoms with Crippen LogP contribution in [0.1, 0.15) is 18.4 Å². The molecule has 7 nitrogen and oxygen atoms in total. The number of nitro groups is 1. The van der Waals surface area contributed by atoms with E-state index in [4.69, 9.17) is 0 Å². The molecule has 0 spiro atoms. The first-order valence-corrected chi connectivity index (χ1v) is 9.45. The third-order valence-corrected chi connectivity index (χ3v) is 6.18. The summed E-state index contributed by atoms with van der Waals surface area (Å²) in [4.78, 5) is 10.8. The highest BCUT2D eigenvalue weighted by Gasteiger charge is 2.29. The minimum absolute atomic E-state index is 0.0450. The van der Waals surface area contributed by atoms with Crippen molar-refractivity contribution in [2.45, 2.75) is 24.7 Å². The molecule has 1 N–H and O–H groups in total. The molecular weight excluding hydrogens is 342 g/mol. The first-order valence-electron chi connectivity index (χ1n) is 8.01. The van der Waals surface area contributed by atoms with Crippen LogP contribution in [0.15, 0.2) is 47.4 Å². The van der Waals surface area contributed by atoms with Gasteiger partial charge in [0.1, 0.15) is 5.69 Å². The molecule has 2 aromatic rings. The maximum Gasteiger partial charge on any atom is 0.294 e. The van der Waals surface area contributed by atoms with Gasteiger partial charge in [0, 0.05) is 24.8 Å². The van der Waals surface area contributed by atoms with E-state index >= 15 is 0 Å². The molecular formula is C17H19N3O4S. The molecule has 0 aliphatic carbocycles. The van der Waals surface area contributed by atoms with Crippen LogP contribution in [0.25, 0.3) is 0 Å². The third-order valence-electron chi connectivity index (χ3n) is 4.28. The van der Waals surface area contributed by atoms with Crippen LogP contribution in [0.5, 0.6) is 0 Å². The van der Waals surface area contributed by atoms with Crippen LogP contribution in [-0.4, -0.2) is 30.7 Å². The molecule has 0 aromatic heterocycles. The molecule has 0 bridgehead atoms. The molecule has 25 heavy (non-hydrogen) atoms. The summed E-state index contributed by atoms with van der Waals surface area (Å²) < 4.78 is 26.6. The highest BCUT2D eigenvalue weighted by Crippen LogP contribution is 2.32. The van der Waals surface area contributed by atoms with E-state index < -0.39 is 14.9 Å². The van der Waals surface area contributed by atoms with Gasteiger partial charge in [-0.2, -0.15) is 4.31 Å². The number of anilines is 2. The second-order valence-electron chi connectivity index (χ2n) is 5.99. The Hall–Kier alpha value is -2.45. The molecule has 1 fully saturated rings. The predicted molar refractivity (Wildman–Crippen MR) is 95.6 cm³/mol. The summed E-state index contributed by atoms with van der Waals surface area (Å²) in [7, 11) is -3.69. The van der Waals surface area contributed by atoms with Crippen LogP contribution in [-0.2, 0) is 10.0 Å². The molecule has 132 valence electrons. The Bertz CT molecular complexity index is 906. The Morgan fingerprint density at radius 3 is 2.40 bits per heavy atom. The van der Waals surface area contributed by atoms with E-state index in [1.165, 1.54) is 16.4 Å². The average Bonchev–Trinajstić information content (AvgIpc) is 3.12. The van der Waals surface area contributed by atoms with Gasteiger partial charge < -0.3 is 5.32 Å². The maximum absolute atomic E-state index is 12.6. The Balaban J connectivity index is 1.99. The molecule has 8 heteroatoms. The lowest BCUT2D eigenvalue weighted by molar-refractivity contribution is -0.384. The largest absolute Gasteiger partial charge is 0.350 e. The van der Waals surface area contributed by atoms with Crippen molar-refractivity contribution in [2.75, 3.05) is 18.4 Å². The second kappa shape index (κ2) is 6.81. The summed E-state index contributed by atoms with van der Waals surface area (Å²) in [6.45, 7) is 2.80. The number of nitro benzene ring substituents is 1. The van der Waals surface area contributed by atoms with Crippen LogP contribution in [0.3, 0.4) is 0 Å². The van der Waals surface area contributed by atoms with Gasteiger partial charge in [-0.25, -0.2) is 8.42 Å². The van der Waals surface area contributed by atoms with Gasteiger partial charge in [-0.15, -0.1) is 0 Å². The summed E-state index contributed by atoms with van der Waals surface area (Å²) in [5.74, 6) is 0. The van der Waals surface area contributed by atoms with Gasteiger partial charge in [0.05, 0.1) is 9.82 Å². The molecule has 0 unspecified atom stereocenters. The predicted octanol–water partition coefficient (Wildman–Crippen LogP) is 3.43. The van der Waals surface area contributed by atoms with E-state index in [0.717, 1.165) is 30.2 Å². The molecule has 2 aromatic carbocycles. The second-order valence-corrected chi connectivity index (χ2v) is 7.93. The minimum atomic E-state index is -3.69. The van der Waals surface area contributed by atoms with Crippen molar-refractivity contribution in [3.63, 3.8) is 0 Å². The van der Waals surface area contributed by atoms with Crippen molar-refractivity contribution in [2.24, 2.45) is 0 Å². The summed E-state index contributed by atoms with van der Waals surface area (Å²) in [6.07, 6.45) is 1.63. The number of nitrogens with zero attached hydrogens (tertiary/aromatic N) is 2. The van der Waals surface area contributed by atoms with Crippen LogP contribution < -0.4 is 5.32 Å². The normalized spacial score (nSPS) is 15.2. The Morgan fingerprint density at radius 2 is 1.76 bits per heavy atom. The van der Waals surface area contributed by atoms with Gasteiger partial charge in [-0.05, 0) is 43.5 Å². The zero-order valence-corrected chi connectivity index (χ0v) is 14.6. The number of nitrogens with one attached hydrogen (secondary N) is 1. The van der Waals surface area contributed by atoms with Gasteiger partial charge in [-0.1, -0.05) is 18.2 Å². The van der Waals surface area contributed by atoms with E-state index in [1.807, 2.05) is 31.2 Å². The quantitative estimate of drug-likeness (QED) is 0.650. The van der Waals surface area contributed by atoms with Crippen LogP contribution >= 0.6 is 0 Å². The monoisotopic (exact) mass is 361 g/mol. The van der Waals surface area contributed by atoms with Crippen LogP contribution in [0.2, 0.25) is 0 Å². The average molecular weight is 361 g/mol. The molecule has 1 aliphatic heterocycles. The first-order chi connectivity index (χ1) is 11.9. The summed E-state index contributed by atoms with van der Waals surface area (Å²) in [5.41, 5.74) is 1.68. The van der Waals surface area contributed by atoms with Crippen molar-refractivity contribution in [3.8, 4) is 0 Å². The lowest BCUT2D eigenvalue weighted by Gasteiger charge is -2.16.